The van der Waals surface area contributed by atoms with Gasteiger partial charge < -0.3 is 20.1 Å². The normalized spacial score (nSPS) is 10.0. The van der Waals surface area contributed by atoms with Crippen molar-refractivity contribution in [2.24, 2.45) is 0 Å². The highest BCUT2D eigenvalue weighted by atomic mass is 79.9. The second-order valence-electron chi connectivity index (χ2n) is 4.53. The standard InChI is InChI=1S/C16H16BrClN2O3/c1-22-15-6-5-12(18)10-14(15)20-16(21)19-7-8-23-13-4-2-3-11(17)9-13/h2-6,9-10H,7-8H2,1H3,(H2,19,20,21). The number of anilines is 1. The summed E-state index contributed by atoms with van der Waals surface area (Å²) in [6, 6.07) is 12.1. The van der Waals surface area contributed by atoms with E-state index in [2.05, 4.69) is 26.6 Å². The highest BCUT2D eigenvalue weighted by Gasteiger charge is 2.07. The number of benzene rings is 2. The van der Waals surface area contributed by atoms with E-state index in [1.165, 1.54) is 7.11 Å². The number of urea groups is 1. The molecule has 0 bridgehead atoms. The summed E-state index contributed by atoms with van der Waals surface area (Å²) in [5.41, 5.74) is 0.505. The SMILES string of the molecule is COc1ccc(Cl)cc1NC(=O)NCCOc1cccc(Br)c1. The smallest absolute Gasteiger partial charge is 0.319 e. The van der Waals surface area contributed by atoms with Crippen molar-refractivity contribution in [2.45, 2.75) is 0 Å². The molecule has 0 atom stereocenters. The first kappa shape index (κ1) is 17.4. The quantitative estimate of drug-likeness (QED) is 0.712. The van der Waals surface area contributed by atoms with Crippen LogP contribution in [0.15, 0.2) is 46.9 Å². The van der Waals surface area contributed by atoms with Crippen molar-refractivity contribution >= 4 is 39.2 Å². The maximum Gasteiger partial charge on any atom is 0.319 e. The molecule has 0 fully saturated rings. The van der Waals surface area contributed by atoms with Gasteiger partial charge in [0.15, 0.2) is 0 Å². The third kappa shape index (κ3) is 5.65. The van der Waals surface area contributed by atoms with Crippen molar-refractivity contribution in [3.63, 3.8) is 0 Å². The molecular formula is C16H16BrClN2O3. The van der Waals surface area contributed by atoms with Crippen LogP contribution in [0.5, 0.6) is 11.5 Å². The van der Waals surface area contributed by atoms with Crippen molar-refractivity contribution in [3.05, 3.63) is 52.0 Å². The van der Waals surface area contributed by atoms with Gasteiger partial charge in [-0.05, 0) is 36.4 Å². The van der Waals surface area contributed by atoms with Gasteiger partial charge in [0.2, 0.25) is 0 Å². The third-order valence-corrected chi connectivity index (χ3v) is 3.59. The molecule has 0 radical (unpaired) electrons. The number of ether oxygens (including phenoxy) is 2. The second-order valence-corrected chi connectivity index (χ2v) is 5.88. The number of methoxy groups -OCH3 is 1. The Hall–Kier alpha value is -1.92. The van der Waals surface area contributed by atoms with Crippen LogP contribution in [-0.2, 0) is 0 Å². The molecule has 7 heteroatoms. The zero-order chi connectivity index (χ0) is 16.7. The number of hydrogen-bond acceptors (Lipinski definition) is 3. The van der Waals surface area contributed by atoms with E-state index in [0.717, 1.165) is 10.2 Å². The Morgan fingerprint density at radius 2 is 2.09 bits per heavy atom. The van der Waals surface area contributed by atoms with Crippen molar-refractivity contribution in [2.75, 3.05) is 25.6 Å². The number of rotatable bonds is 6. The van der Waals surface area contributed by atoms with Gasteiger partial charge >= 0.3 is 6.03 Å². The minimum atomic E-state index is -0.358. The summed E-state index contributed by atoms with van der Waals surface area (Å²) in [6.45, 7) is 0.720. The average Bonchev–Trinajstić information content (AvgIpc) is 2.52. The summed E-state index contributed by atoms with van der Waals surface area (Å²) in [4.78, 5) is 11.9. The predicted molar refractivity (Wildman–Crippen MR) is 94.7 cm³/mol. The lowest BCUT2D eigenvalue weighted by Crippen LogP contribution is -2.32. The molecule has 0 saturated heterocycles. The van der Waals surface area contributed by atoms with E-state index in [-0.39, 0.29) is 6.03 Å². The molecule has 2 N–H and O–H groups in total. The highest BCUT2D eigenvalue weighted by Crippen LogP contribution is 2.27. The van der Waals surface area contributed by atoms with E-state index in [0.29, 0.717) is 29.6 Å². The lowest BCUT2D eigenvalue weighted by atomic mass is 10.3. The lowest BCUT2D eigenvalue weighted by Gasteiger charge is -2.12. The molecule has 0 aliphatic rings. The first-order valence-corrected chi connectivity index (χ1v) is 8.02. The Balaban J connectivity index is 1.78. The van der Waals surface area contributed by atoms with E-state index in [9.17, 15) is 4.79 Å². The van der Waals surface area contributed by atoms with Crippen molar-refractivity contribution in [1.29, 1.82) is 0 Å². The number of hydrogen-bond donors (Lipinski definition) is 2. The van der Waals surface area contributed by atoms with Crippen LogP contribution >= 0.6 is 27.5 Å². The molecule has 2 aromatic carbocycles. The van der Waals surface area contributed by atoms with Crippen LogP contribution in [0, 0.1) is 0 Å². The Kier molecular flexibility index (Phi) is 6.55. The largest absolute Gasteiger partial charge is 0.495 e. The zero-order valence-corrected chi connectivity index (χ0v) is 14.8. The summed E-state index contributed by atoms with van der Waals surface area (Å²) in [6.07, 6.45) is 0. The molecule has 122 valence electrons. The number of amides is 2. The first-order chi connectivity index (χ1) is 11.1. The van der Waals surface area contributed by atoms with E-state index >= 15 is 0 Å². The summed E-state index contributed by atoms with van der Waals surface area (Å²) in [5.74, 6) is 1.27. The van der Waals surface area contributed by atoms with Crippen molar-refractivity contribution in [3.8, 4) is 11.5 Å². The molecule has 0 aliphatic carbocycles. The van der Waals surface area contributed by atoms with E-state index in [4.69, 9.17) is 21.1 Å². The van der Waals surface area contributed by atoms with Gasteiger partial charge in [0.05, 0.1) is 19.3 Å². The molecule has 23 heavy (non-hydrogen) atoms. The van der Waals surface area contributed by atoms with Gasteiger partial charge in [-0.2, -0.15) is 0 Å². The molecule has 2 aromatic rings. The third-order valence-electron chi connectivity index (χ3n) is 2.86. The fourth-order valence-corrected chi connectivity index (χ4v) is 2.38. The minimum Gasteiger partial charge on any atom is -0.495 e. The summed E-state index contributed by atoms with van der Waals surface area (Å²) < 4.78 is 11.6. The van der Waals surface area contributed by atoms with Crippen molar-refractivity contribution < 1.29 is 14.3 Å². The average molecular weight is 400 g/mol. The highest BCUT2D eigenvalue weighted by molar-refractivity contribution is 9.10. The minimum absolute atomic E-state index is 0.358. The van der Waals surface area contributed by atoms with Crippen LogP contribution < -0.4 is 20.1 Å². The van der Waals surface area contributed by atoms with Gasteiger partial charge in [0.25, 0.3) is 0 Å². The van der Waals surface area contributed by atoms with E-state index in [1.54, 1.807) is 18.2 Å². The number of halogens is 2. The topological polar surface area (TPSA) is 59.6 Å². The van der Waals surface area contributed by atoms with Crippen LogP contribution in [0.4, 0.5) is 10.5 Å². The molecule has 0 spiro atoms. The van der Waals surface area contributed by atoms with E-state index < -0.39 is 0 Å². The van der Waals surface area contributed by atoms with Gasteiger partial charge in [-0.1, -0.05) is 33.6 Å². The zero-order valence-electron chi connectivity index (χ0n) is 12.4. The molecule has 0 heterocycles. The van der Waals surface area contributed by atoms with Gasteiger partial charge in [0, 0.05) is 9.50 Å². The molecule has 0 aromatic heterocycles. The van der Waals surface area contributed by atoms with Crippen LogP contribution in [0.2, 0.25) is 5.02 Å². The summed E-state index contributed by atoms with van der Waals surface area (Å²) in [5, 5.41) is 5.90. The van der Waals surface area contributed by atoms with Crippen LogP contribution in [0.3, 0.4) is 0 Å². The Morgan fingerprint density at radius 1 is 1.26 bits per heavy atom. The van der Waals surface area contributed by atoms with Gasteiger partial charge in [0.1, 0.15) is 18.1 Å². The summed E-state index contributed by atoms with van der Waals surface area (Å²) in [7, 11) is 1.53. The fraction of sp³-hybridized carbons (Fsp3) is 0.188. The molecule has 2 rings (SSSR count). The molecular weight excluding hydrogens is 384 g/mol. The number of nitrogens with one attached hydrogen (secondary N) is 2. The Morgan fingerprint density at radius 3 is 2.83 bits per heavy atom. The molecule has 0 aliphatic heterocycles. The van der Waals surface area contributed by atoms with Crippen molar-refractivity contribution in [1.82, 2.24) is 5.32 Å². The fourth-order valence-electron chi connectivity index (χ4n) is 1.83. The molecule has 0 saturated carbocycles. The monoisotopic (exact) mass is 398 g/mol. The maximum atomic E-state index is 11.9. The van der Waals surface area contributed by atoms with Crippen LogP contribution in [-0.4, -0.2) is 26.3 Å². The Labute approximate surface area is 148 Å². The molecule has 5 nitrogen and oxygen atoms in total. The van der Waals surface area contributed by atoms with Gasteiger partial charge in [-0.15, -0.1) is 0 Å². The van der Waals surface area contributed by atoms with Crippen LogP contribution in [0.25, 0.3) is 0 Å². The van der Waals surface area contributed by atoms with Crippen LogP contribution in [0.1, 0.15) is 0 Å². The van der Waals surface area contributed by atoms with E-state index in [1.807, 2.05) is 24.3 Å². The summed E-state index contributed by atoms with van der Waals surface area (Å²) >= 11 is 9.28. The number of carbonyl (C=O) groups is 1. The maximum absolute atomic E-state index is 11.9. The lowest BCUT2D eigenvalue weighted by molar-refractivity contribution is 0.247. The molecule has 2 amide bonds. The second kappa shape index (κ2) is 8.64. The predicted octanol–water partition coefficient (Wildman–Crippen LogP) is 4.31. The first-order valence-electron chi connectivity index (χ1n) is 6.85. The molecule has 0 unspecified atom stereocenters. The van der Waals surface area contributed by atoms with Gasteiger partial charge in [-0.3, -0.25) is 0 Å². The van der Waals surface area contributed by atoms with Gasteiger partial charge in [-0.25, -0.2) is 4.79 Å². The Bertz CT molecular complexity index is 682. The number of carbonyl (C=O) groups excluding carboxylic acids is 1.